The Morgan fingerprint density at radius 2 is 1.83 bits per heavy atom. The van der Waals surface area contributed by atoms with Gasteiger partial charge in [0.1, 0.15) is 0 Å². The summed E-state index contributed by atoms with van der Waals surface area (Å²) in [5.74, 6) is -1.37. The van der Waals surface area contributed by atoms with Gasteiger partial charge in [-0.15, -0.1) is 0 Å². The summed E-state index contributed by atoms with van der Waals surface area (Å²) >= 11 is 0. The zero-order valence-corrected chi connectivity index (χ0v) is 16.9. The number of aromatic nitrogens is 2. The molecule has 3 aromatic rings. The quantitative estimate of drug-likeness (QED) is 0.676. The van der Waals surface area contributed by atoms with Gasteiger partial charge in [-0.1, -0.05) is 36.4 Å². The number of aryl methyl sites for hydroxylation is 1. The minimum Gasteiger partial charge on any atom is -0.481 e. The van der Waals surface area contributed by atoms with Gasteiger partial charge >= 0.3 is 11.7 Å². The standard InChI is InChI=1S/C23H25N3O4/c1-15-6-2-3-7-16(15)17-10-11-25(14-19(17)22(28)29)12-13-26-21(27)18-8-4-5-9-20(18)24-23(26)30/h2-9,17,19H,10-14H2,1H3,(H,24,30)(H,28,29). The second kappa shape index (κ2) is 8.28. The number of para-hydroxylation sites is 1. The normalized spacial score (nSPS) is 19.8. The predicted molar refractivity (Wildman–Crippen MR) is 115 cm³/mol. The number of nitrogens with zero attached hydrogens (tertiary/aromatic N) is 2. The van der Waals surface area contributed by atoms with Crippen LogP contribution in [0, 0.1) is 12.8 Å². The first-order valence-corrected chi connectivity index (χ1v) is 10.2. The van der Waals surface area contributed by atoms with E-state index in [2.05, 4.69) is 4.98 Å². The second-order valence-corrected chi connectivity index (χ2v) is 7.93. The van der Waals surface area contributed by atoms with E-state index in [1.165, 1.54) is 4.57 Å². The van der Waals surface area contributed by atoms with Crippen LogP contribution in [0.5, 0.6) is 0 Å². The molecule has 0 saturated carbocycles. The van der Waals surface area contributed by atoms with Gasteiger partial charge in [0.2, 0.25) is 0 Å². The number of carbonyl (C=O) groups is 1. The average molecular weight is 407 g/mol. The van der Waals surface area contributed by atoms with Gasteiger partial charge in [-0.3, -0.25) is 14.2 Å². The van der Waals surface area contributed by atoms with Crippen LogP contribution < -0.4 is 11.2 Å². The first-order valence-electron chi connectivity index (χ1n) is 10.2. The molecule has 1 fully saturated rings. The lowest BCUT2D eigenvalue weighted by Crippen LogP contribution is -2.46. The fourth-order valence-corrected chi connectivity index (χ4v) is 4.49. The molecular formula is C23H25N3O4. The van der Waals surface area contributed by atoms with Crippen LogP contribution in [-0.4, -0.2) is 45.2 Å². The van der Waals surface area contributed by atoms with E-state index in [1.807, 2.05) is 36.1 Å². The van der Waals surface area contributed by atoms with Crippen molar-refractivity contribution in [3.8, 4) is 0 Å². The van der Waals surface area contributed by atoms with Crippen molar-refractivity contribution >= 4 is 16.9 Å². The minimum atomic E-state index is -0.811. The molecule has 1 aliphatic heterocycles. The van der Waals surface area contributed by atoms with Crippen molar-refractivity contribution < 1.29 is 9.90 Å². The summed E-state index contributed by atoms with van der Waals surface area (Å²) in [5.41, 5.74) is 1.96. The zero-order valence-electron chi connectivity index (χ0n) is 16.9. The van der Waals surface area contributed by atoms with E-state index in [4.69, 9.17) is 0 Å². The third kappa shape index (κ3) is 3.80. The van der Waals surface area contributed by atoms with Crippen molar-refractivity contribution in [2.45, 2.75) is 25.8 Å². The number of hydrogen-bond donors (Lipinski definition) is 2. The smallest absolute Gasteiger partial charge is 0.328 e. The largest absolute Gasteiger partial charge is 0.481 e. The molecule has 156 valence electrons. The summed E-state index contributed by atoms with van der Waals surface area (Å²) in [4.78, 5) is 41.8. The van der Waals surface area contributed by atoms with E-state index < -0.39 is 17.6 Å². The lowest BCUT2D eigenvalue weighted by molar-refractivity contribution is -0.144. The van der Waals surface area contributed by atoms with Crippen LogP contribution >= 0.6 is 0 Å². The van der Waals surface area contributed by atoms with Gasteiger partial charge in [0.15, 0.2) is 0 Å². The molecule has 4 rings (SSSR count). The molecule has 0 aliphatic carbocycles. The van der Waals surface area contributed by atoms with Crippen molar-refractivity contribution in [2.24, 2.45) is 5.92 Å². The highest BCUT2D eigenvalue weighted by Crippen LogP contribution is 2.34. The number of carboxylic acids is 1. The Bertz CT molecular complexity index is 1200. The Labute approximate surface area is 173 Å². The van der Waals surface area contributed by atoms with Crippen molar-refractivity contribution in [1.82, 2.24) is 14.5 Å². The van der Waals surface area contributed by atoms with Crippen LogP contribution in [0.1, 0.15) is 23.5 Å². The maximum atomic E-state index is 12.7. The van der Waals surface area contributed by atoms with Crippen molar-refractivity contribution in [3.63, 3.8) is 0 Å². The highest BCUT2D eigenvalue weighted by molar-refractivity contribution is 5.76. The molecule has 0 amide bonds. The fraction of sp³-hybridized carbons (Fsp3) is 0.348. The lowest BCUT2D eigenvalue weighted by Gasteiger charge is -2.37. The first-order chi connectivity index (χ1) is 14.5. The molecule has 2 heterocycles. The van der Waals surface area contributed by atoms with Crippen LogP contribution in [0.4, 0.5) is 0 Å². The predicted octanol–water partition coefficient (Wildman–Crippen LogP) is 2.19. The van der Waals surface area contributed by atoms with Gasteiger partial charge in [0.05, 0.1) is 16.8 Å². The number of nitrogens with one attached hydrogen (secondary N) is 1. The number of aromatic amines is 1. The third-order valence-corrected chi connectivity index (χ3v) is 6.13. The summed E-state index contributed by atoms with van der Waals surface area (Å²) < 4.78 is 1.20. The minimum absolute atomic E-state index is 0.0354. The molecule has 0 spiro atoms. The maximum Gasteiger partial charge on any atom is 0.328 e. The van der Waals surface area contributed by atoms with Gasteiger partial charge in [-0.2, -0.15) is 0 Å². The Balaban J connectivity index is 1.52. The lowest BCUT2D eigenvalue weighted by atomic mass is 9.79. The van der Waals surface area contributed by atoms with Gasteiger partial charge in [0, 0.05) is 19.6 Å². The molecule has 2 unspecified atom stereocenters. The van der Waals surface area contributed by atoms with Crippen LogP contribution in [-0.2, 0) is 11.3 Å². The van der Waals surface area contributed by atoms with Crippen LogP contribution in [0.3, 0.4) is 0 Å². The van der Waals surface area contributed by atoms with Crippen LogP contribution in [0.25, 0.3) is 10.9 Å². The van der Waals surface area contributed by atoms with Gasteiger partial charge in [-0.25, -0.2) is 4.79 Å². The highest BCUT2D eigenvalue weighted by Gasteiger charge is 2.35. The Hall–Kier alpha value is -3.19. The van der Waals surface area contributed by atoms with Gasteiger partial charge in [0.25, 0.3) is 5.56 Å². The van der Waals surface area contributed by atoms with E-state index in [0.29, 0.717) is 24.0 Å². The van der Waals surface area contributed by atoms with E-state index in [9.17, 15) is 19.5 Å². The molecule has 2 aromatic carbocycles. The van der Waals surface area contributed by atoms with Crippen molar-refractivity contribution in [2.75, 3.05) is 19.6 Å². The number of fused-ring (bicyclic) bond motifs is 1. The van der Waals surface area contributed by atoms with Crippen LogP contribution in [0.15, 0.2) is 58.1 Å². The number of hydrogen-bond acceptors (Lipinski definition) is 4. The number of benzene rings is 2. The number of rotatable bonds is 5. The molecule has 7 heteroatoms. The van der Waals surface area contributed by atoms with Crippen LogP contribution in [0.2, 0.25) is 0 Å². The van der Waals surface area contributed by atoms with E-state index >= 15 is 0 Å². The third-order valence-electron chi connectivity index (χ3n) is 6.13. The topological polar surface area (TPSA) is 95.4 Å². The molecule has 1 saturated heterocycles. The molecule has 30 heavy (non-hydrogen) atoms. The summed E-state index contributed by atoms with van der Waals surface area (Å²) in [6.07, 6.45) is 0.727. The molecule has 2 N–H and O–H groups in total. The molecular weight excluding hydrogens is 382 g/mol. The highest BCUT2D eigenvalue weighted by atomic mass is 16.4. The van der Waals surface area contributed by atoms with Crippen molar-refractivity contribution in [3.05, 3.63) is 80.5 Å². The monoisotopic (exact) mass is 407 g/mol. The average Bonchev–Trinajstić information content (AvgIpc) is 2.74. The number of likely N-dealkylation sites (tertiary alicyclic amines) is 1. The summed E-state index contributed by atoms with van der Waals surface area (Å²) in [6.45, 7) is 3.81. The molecule has 0 radical (unpaired) electrons. The fourth-order valence-electron chi connectivity index (χ4n) is 4.49. The van der Waals surface area contributed by atoms with Gasteiger partial charge in [-0.05, 0) is 49.1 Å². The molecule has 1 aromatic heterocycles. The zero-order chi connectivity index (χ0) is 21.3. The number of aliphatic carboxylic acids is 1. The number of piperidine rings is 1. The summed E-state index contributed by atoms with van der Waals surface area (Å²) in [5, 5.41) is 10.3. The number of H-pyrrole nitrogens is 1. The summed E-state index contributed by atoms with van der Waals surface area (Å²) in [6, 6.07) is 14.9. The molecule has 1 aliphatic rings. The molecule has 0 bridgehead atoms. The Morgan fingerprint density at radius 1 is 1.10 bits per heavy atom. The van der Waals surface area contributed by atoms with E-state index in [1.54, 1.807) is 24.3 Å². The van der Waals surface area contributed by atoms with Gasteiger partial charge < -0.3 is 15.0 Å². The second-order valence-electron chi connectivity index (χ2n) is 7.93. The number of carboxylic acid groups (broad SMARTS) is 1. The Morgan fingerprint density at radius 3 is 2.60 bits per heavy atom. The SMILES string of the molecule is Cc1ccccc1C1CCN(CCn2c(=O)[nH]c3ccccc3c2=O)CC1C(=O)O. The van der Waals surface area contributed by atoms with E-state index in [0.717, 1.165) is 24.1 Å². The Kier molecular flexibility index (Phi) is 5.55. The van der Waals surface area contributed by atoms with E-state index in [-0.39, 0.29) is 18.0 Å². The molecule has 2 atom stereocenters. The summed E-state index contributed by atoms with van der Waals surface area (Å²) in [7, 11) is 0. The molecule has 7 nitrogen and oxygen atoms in total. The first kappa shape index (κ1) is 20.1. The van der Waals surface area contributed by atoms with Crippen molar-refractivity contribution in [1.29, 1.82) is 0 Å². The maximum absolute atomic E-state index is 12.7.